The minimum atomic E-state index is -1.08. The van der Waals surface area contributed by atoms with Gasteiger partial charge in [0.25, 0.3) is 0 Å². The van der Waals surface area contributed by atoms with E-state index in [9.17, 15) is 27.8 Å². The van der Waals surface area contributed by atoms with Gasteiger partial charge in [0.15, 0.2) is 23.3 Å². The fraction of sp³-hybridized carbons (Fsp3) is 0. The van der Waals surface area contributed by atoms with Gasteiger partial charge in [0.05, 0.1) is 44.1 Å². The van der Waals surface area contributed by atoms with Crippen LogP contribution in [0.4, 0.5) is 17.6 Å². The van der Waals surface area contributed by atoms with Crippen LogP contribution in [0.2, 0.25) is 0 Å². The van der Waals surface area contributed by atoms with Crippen LogP contribution in [0, 0.1) is 23.3 Å². The molecule has 8 aromatic rings. The Bertz CT molecular complexity index is 2330. The largest absolute Gasteiger partial charge is 0.507 e. The van der Waals surface area contributed by atoms with E-state index in [0.717, 1.165) is 24.3 Å². The Morgan fingerprint density at radius 3 is 1.12 bits per heavy atom. The highest BCUT2D eigenvalue weighted by molar-refractivity contribution is 6.22. The number of fused-ring (bicyclic) bond motifs is 8. The minimum Gasteiger partial charge on any atom is -0.507 e. The minimum absolute atomic E-state index is 0.0994. The second-order valence-electron chi connectivity index (χ2n) is 9.94. The van der Waals surface area contributed by atoms with Crippen LogP contribution in [0.15, 0.2) is 72.8 Å². The second-order valence-corrected chi connectivity index (χ2v) is 9.94. The molecule has 0 amide bonds. The number of hydrogen-bond donors (Lipinski definition) is 2. The molecule has 0 saturated heterocycles. The van der Waals surface area contributed by atoms with Gasteiger partial charge >= 0.3 is 0 Å². The van der Waals surface area contributed by atoms with Gasteiger partial charge in [-0.2, -0.15) is 0 Å². The molecule has 0 aliphatic carbocycles. The lowest BCUT2D eigenvalue weighted by Crippen LogP contribution is -1.96. The van der Waals surface area contributed by atoms with Crippen molar-refractivity contribution in [1.29, 1.82) is 0 Å². The molecule has 10 heteroatoms. The van der Waals surface area contributed by atoms with E-state index in [1.165, 1.54) is 12.1 Å². The number of rotatable bonds is 1. The molecular weight excluding hydrogens is 548 g/mol. The van der Waals surface area contributed by atoms with Crippen molar-refractivity contribution >= 4 is 65.7 Å². The summed E-state index contributed by atoms with van der Waals surface area (Å²) in [5.41, 5.74) is 2.13. The van der Waals surface area contributed by atoms with Crippen molar-refractivity contribution in [2.45, 2.75) is 0 Å². The monoisotopic (exact) mass is 562 g/mol. The Labute approximate surface area is 232 Å². The number of aromatic nitrogens is 4. The molecule has 8 rings (SSSR count). The van der Waals surface area contributed by atoms with Crippen LogP contribution in [0.25, 0.3) is 76.8 Å². The fourth-order valence-electron chi connectivity index (χ4n) is 5.58. The van der Waals surface area contributed by atoms with Crippen LogP contribution in [0.3, 0.4) is 0 Å². The van der Waals surface area contributed by atoms with Crippen LogP contribution in [-0.4, -0.2) is 30.1 Å². The van der Waals surface area contributed by atoms with E-state index >= 15 is 0 Å². The van der Waals surface area contributed by atoms with Crippen molar-refractivity contribution in [2.24, 2.45) is 0 Å². The summed E-state index contributed by atoms with van der Waals surface area (Å²) in [4.78, 5) is 18.2. The fourth-order valence-corrected chi connectivity index (χ4v) is 5.58. The predicted molar refractivity (Wildman–Crippen MR) is 151 cm³/mol. The number of aromatic hydroxyl groups is 2. The average molecular weight is 562 g/mol. The van der Waals surface area contributed by atoms with Crippen molar-refractivity contribution in [3.05, 3.63) is 96.1 Å². The Kier molecular flexibility index (Phi) is 4.85. The molecule has 0 saturated carbocycles. The molecule has 6 aromatic carbocycles. The van der Waals surface area contributed by atoms with Crippen molar-refractivity contribution in [1.82, 2.24) is 19.9 Å². The van der Waals surface area contributed by atoms with E-state index in [-0.39, 0.29) is 55.7 Å². The van der Waals surface area contributed by atoms with Gasteiger partial charge in [-0.25, -0.2) is 37.5 Å². The molecule has 0 bridgehead atoms. The van der Waals surface area contributed by atoms with E-state index in [2.05, 4.69) is 19.9 Å². The molecule has 6 nitrogen and oxygen atoms in total. The van der Waals surface area contributed by atoms with Crippen LogP contribution in [-0.2, 0) is 0 Å². The average Bonchev–Trinajstić information content (AvgIpc) is 2.97. The third kappa shape index (κ3) is 3.38. The third-order valence-electron chi connectivity index (χ3n) is 7.46. The van der Waals surface area contributed by atoms with E-state index in [1.54, 1.807) is 36.4 Å². The van der Waals surface area contributed by atoms with Gasteiger partial charge < -0.3 is 10.2 Å². The van der Waals surface area contributed by atoms with Gasteiger partial charge in [0, 0.05) is 46.2 Å². The molecule has 0 spiro atoms. The molecule has 42 heavy (non-hydrogen) atoms. The lowest BCUT2D eigenvalue weighted by Gasteiger charge is -2.16. The molecule has 2 aromatic heterocycles. The summed E-state index contributed by atoms with van der Waals surface area (Å²) < 4.78 is 56.2. The molecule has 0 aliphatic rings. The molecule has 202 valence electrons. The predicted octanol–water partition coefficient (Wildman–Crippen LogP) is 7.82. The Balaban J connectivity index is 1.56. The molecular formula is C32H14F4N4O2. The van der Waals surface area contributed by atoms with Crippen molar-refractivity contribution in [3.8, 4) is 22.6 Å². The summed E-state index contributed by atoms with van der Waals surface area (Å²) >= 11 is 0. The number of phenolic OH excluding ortho intramolecular Hbond substituents is 2. The van der Waals surface area contributed by atoms with Crippen LogP contribution in [0.5, 0.6) is 11.5 Å². The van der Waals surface area contributed by atoms with Gasteiger partial charge in [-0.3, -0.25) is 0 Å². The van der Waals surface area contributed by atoms with E-state index < -0.39 is 23.3 Å². The van der Waals surface area contributed by atoms with Gasteiger partial charge in [-0.1, -0.05) is 24.3 Å². The normalized spacial score (nSPS) is 12.0. The van der Waals surface area contributed by atoms with Gasteiger partial charge in [-0.15, -0.1) is 0 Å². The van der Waals surface area contributed by atoms with E-state index in [1.807, 2.05) is 0 Å². The molecule has 2 heterocycles. The maximum Gasteiger partial charge on any atom is 0.161 e. The number of halogens is 4. The molecule has 0 aliphatic heterocycles. The smallest absolute Gasteiger partial charge is 0.161 e. The zero-order valence-corrected chi connectivity index (χ0v) is 21.1. The zero-order valence-electron chi connectivity index (χ0n) is 21.1. The highest BCUT2D eigenvalue weighted by Gasteiger charge is 2.22. The molecule has 0 radical (unpaired) electrons. The van der Waals surface area contributed by atoms with Gasteiger partial charge in [0.2, 0.25) is 0 Å². The number of phenols is 2. The van der Waals surface area contributed by atoms with Crippen LogP contribution >= 0.6 is 0 Å². The Hall–Kier alpha value is -5.64. The van der Waals surface area contributed by atoms with E-state index in [0.29, 0.717) is 32.6 Å². The highest BCUT2D eigenvalue weighted by atomic mass is 19.2. The lowest BCUT2D eigenvalue weighted by atomic mass is 9.91. The maximum absolute atomic E-state index is 14.1. The third-order valence-corrected chi connectivity index (χ3v) is 7.46. The quantitative estimate of drug-likeness (QED) is 0.120. The number of hydrogen-bond acceptors (Lipinski definition) is 6. The van der Waals surface area contributed by atoms with Gasteiger partial charge in [0.1, 0.15) is 11.5 Å². The first-order valence-corrected chi connectivity index (χ1v) is 12.7. The van der Waals surface area contributed by atoms with E-state index in [4.69, 9.17) is 0 Å². The molecule has 0 unspecified atom stereocenters. The first kappa shape index (κ1) is 24.2. The molecule has 0 fully saturated rings. The van der Waals surface area contributed by atoms with Crippen molar-refractivity contribution < 1.29 is 27.8 Å². The zero-order chi connectivity index (χ0) is 28.9. The lowest BCUT2D eigenvalue weighted by molar-refractivity contribution is 0.470. The second kappa shape index (κ2) is 8.43. The van der Waals surface area contributed by atoms with Crippen LogP contribution in [0.1, 0.15) is 0 Å². The SMILES string of the molecule is Oc1ccc2ccc3nc4cc(F)c(F)cc4nc3c2c1-c1c(O)ccc2ccc3nc4cc(F)c(F)cc4nc3c12. The standard InChI is InChI=1S/C32H14F4N4O2/c33-15-9-21-23(11-17(15)35)39-31-19(37-21)5-1-13-3-7-25(41)29(27(13)31)30-26(42)8-4-14-2-6-20-32(28(14)30)40-24-12-18(36)16(34)10-22(24)38-20/h1-12,41-42H. The van der Waals surface area contributed by atoms with Crippen LogP contribution < -0.4 is 0 Å². The highest BCUT2D eigenvalue weighted by Crippen LogP contribution is 2.47. The van der Waals surface area contributed by atoms with Crippen molar-refractivity contribution in [3.63, 3.8) is 0 Å². The van der Waals surface area contributed by atoms with Crippen molar-refractivity contribution in [2.75, 3.05) is 0 Å². The summed E-state index contributed by atoms with van der Waals surface area (Å²) in [5.74, 6) is -4.69. The first-order chi connectivity index (χ1) is 20.3. The number of benzene rings is 6. The molecule has 0 atom stereocenters. The summed E-state index contributed by atoms with van der Waals surface area (Å²) in [6.45, 7) is 0. The Morgan fingerprint density at radius 1 is 0.405 bits per heavy atom. The summed E-state index contributed by atoms with van der Waals surface area (Å²) in [6.07, 6.45) is 0. The Morgan fingerprint density at radius 2 is 0.738 bits per heavy atom. The molecule has 2 N–H and O–H groups in total. The summed E-state index contributed by atoms with van der Waals surface area (Å²) in [5, 5.41) is 24.7. The summed E-state index contributed by atoms with van der Waals surface area (Å²) in [6, 6.07) is 16.9. The topological polar surface area (TPSA) is 92.0 Å². The first-order valence-electron chi connectivity index (χ1n) is 12.7. The summed E-state index contributed by atoms with van der Waals surface area (Å²) in [7, 11) is 0. The number of nitrogens with zero attached hydrogens (tertiary/aromatic N) is 4. The van der Waals surface area contributed by atoms with Gasteiger partial charge in [-0.05, 0) is 35.0 Å². The maximum atomic E-state index is 14.1.